The van der Waals surface area contributed by atoms with Crippen molar-refractivity contribution in [2.75, 3.05) is 0 Å². The van der Waals surface area contributed by atoms with Crippen LogP contribution in [0.4, 0.5) is 0 Å². The second kappa shape index (κ2) is 14.6. The minimum Gasteiger partial charge on any atom is -0.326 e. The highest BCUT2D eigenvalue weighted by molar-refractivity contribution is 6.57. The minimum atomic E-state index is -0.866. The zero-order chi connectivity index (χ0) is 33.5. The number of aromatic nitrogens is 2. The average molecular weight is 631 g/mol. The van der Waals surface area contributed by atoms with E-state index in [4.69, 9.17) is 7.85 Å². The van der Waals surface area contributed by atoms with Gasteiger partial charge in [-0.3, -0.25) is 0 Å². The van der Waals surface area contributed by atoms with Crippen LogP contribution in [0.15, 0.2) is 158 Å². The van der Waals surface area contributed by atoms with Gasteiger partial charge in [0.05, 0.1) is 28.9 Å². The standard InChI is InChI=1S/C30H36N2Si.C13H11B/c1-28(2,3)23-12-10-14-25(20-23)30(32-19-18-31-22-32,33-27-16-8-7-9-17-27)26-15-11-13-24(21-26)29(4,5)6;14-13(11-7-3-1-4-8-11)12-9-5-2-6-10-12/h7-22H,33H2,1-6H3;1-10,13H. The molecule has 6 rings (SSSR count). The number of hydrogen-bond donors (Lipinski definition) is 0. The van der Waals surface area contributed by atoms with E-state index in [1.54, 1.807) is 0 Å². The lowest BCUT2D eigenvalue weighted by molar-refractivity contribution is 0.565. The molecular weight excluding hydrogens is 583 g/mol. The molecule has 0 atom stereocenters. The van der Waals surface area contributed by atoms with E-state index in [-0.39, 0.29) is 21.8 Å². The Bertz CT molecular complexity index is 1720. The van der Waals surface area contributed by atoms with Crippen LogP contribution in [0.1, 0.15) is 80.7 Å². The molecule has 0 saturated heterocycles. The van der Waals surface area contributed by atoms with Crippen molar-refractivity contribution < 1.29 is 0 Å². The SMILES string of the molecule is CC(C)(C)c1cccc(C([SiH2]c2ccccc2)(c2cccc(C(C)(C)C)c2)n2ccnc2)c1.[B]C(c1ccccc1)c1ccccc1. The van der Waals surface area contributed by atoms with Crippen LogP contribution in [0.3, 0.4) is 0 Å². The summed E-state index contributed by atoms with van der Waals surface area (Å²) in [5.41, 5.74) is 7.87. The largest absolute Gasteiger partial charge is 0.326 e. The van der Waals surface area contributed by atoms with Gasteiger partial charge in [0, 0.05) is 12.4 Å². The smallest absolute Gasteiger partial charge is 0.0965 e. The molecule has 236 valence electrons. The van der Waals surface area contributed by atoms with Crippen molar-refractivity contribution in [1.29, 1.82) is 0 Å². The van der Waals surface area contributed by atoms with E-state index in [2.05, 4.69) is 160 Å². The maximum absolute atomic E-state index is 6.12. The molecule has 0 N–H and O–H groups in total. The quantitative estimate of drug-likeness (QED) is 0.162. The van der Waals surface area contributed by atoms with Gasteiger partial charge in [-0.15, -0.1) is 0 Å². The highest BCUT2D eigenvalue weighted by Crippen LogP contribution is 2.37. The lowest BCUT2D eigenvalue weighted by atomic mass is 9.76. The van der Waals surface area contributed by atoms with Gasteiger partial charge < -0.3 is 4.57 Å². The minimum absolute atomic E-state index is 0.0163. The van der Waals surface area contributed by atoms with E-state index in [1.807, 2.05) is 48.9 Å². The van der Waals surface area contributed by atoms with Crippen LogP contribution in [0.2, 0.25) is 0 Å². The molecule has 0 aliphatic heterocycles. The Labute approximate surface area is 286 Å². The van der Waals surface area contributed by atoms with E-state index < -0.39 is 9.52 Å². The normalized spacial score (nSPS) is 12.2. The molecule has 0 fully saturated rings. The fourth-order valence-corrected chi connectivity index (χ4v) is 8.45. The molecule has 0 spiro atoms. The zero-order valence-electron chi connectivity index (χ0n) is 28.8. The molecule has 2 radical (unpaired) electrons. The maximum atomic E-state index is 6.12. The summed E-state index contributed by atoms with van der Waals surface area (Å²) >= 11 is 0. The zero-order valence-corrected chi connectivity index (χ0v) is 30.2. The summed E-state index contributed by atoms with van der Waals surface area (Å²) in [5.74, 6) is -0.0163. The van der Waals surface area contributed by atoms with Crippen molar-refractivity contribution in [3.63, 3.8) is 0 Å². The molecule has 1 aromatic heterocycles. The number of hydrogen-bond acceptors (Lipinski definition) is 1. The molecule has 47 heavy (non-hydrogen) atoms. The maximum Gasteiger partial charge on any atom is 0.0965 e. The number of benzene rings is 5. The number of rotatable bonds is 7. The topological polar surface area (TPSA) is 17.8 Å². The summed E-state index contributed by atoms with van der Waals surface area (Å²) in [6, 6.07) is 49.8. The molecule has 0 amide bonds. The molecule has 0 aliphatic carbocycles. The van der Waals surface area contributed by atoms with Crippen LogP contribution in [-0.2, 0) is 16.0 Å². The van der Waals surface area contributed by atoms with Crippen LogP contribution in [-0.4, -0.2) is 26.9 Å². The molecule has 0 saturated carbocycles. The summed E-state index contributed by atoms with van der Waals surface area (Å²) < 4.78 is 2.36. The third-order valence-electron chi connectivity index (χ3n) is 8.98. The van der Waals surface area contributed by atoms with Gasteiger partial charge >= 0.3 is 0 Å². The second-order valence-electron chi connectivity index (χ2n) is 14.5. The average Bonchev–Trinajstić information content (AvgIpc) is 3.63. The summed E-state index contributed by atoms with van der Waals surface area (Å²) in [4.78, 5) is 4.51. The van der Waals surface area contributed by atoms with Crippen LogP contribution in [0, 0.1) is 0 Å². The molecule has 0 bridgehead atoms. The Morgan fingerprint density at radius 2 is 0.979 bits per heavy atom. The first-order chi connectivity index (χ1) is 22.5. The van der Waals surface area contributed by atoms with Crippen molar-refractivity contribution in [2.45, 2.75) is 63.4 Å². The lowest BCUT2D eigenvalue weighted by Gasteiger charge is -2.38. The van der Waals surface area contributed by atoms with Gasteiger partial charge in [0.15, 0.2) is 0 Å². The molecule has 4 heteroatoms. The number of nitrogens with zero attached hydrogens (tertiary/aromatic N) is 2. The Kier molecular flexibility index (Phi) is 10.5. The van der Waals surface area contributed by atoms with Gasteiger partial charge in [-0.2, -0.15) is 0 Å². The first-order valence-electron chi connectivity index (χ1n) is 16.6. The van der Waals surface area contributed by atoms with Gasteiger partial charge in [-0.25, -0.2) is 4.98 Å². The molecule has 0 aliphatic rings. The molecule has 5 aromatic carbocycles. The number of imidazole rings is 1. The van der Waals surface area contributed by atoms with E-state index in [0.29, 0.717) is 0 Å². The highest BCUT2D eigenvalue weighted by Gasteiger charge is 2.38. The second-order valence-corrected chi connectivity index (χ2v) is 16.6. The molecule has 1 heterocycles. The third-order valence-corrected chi connectivity index (χ3v) is 11.6. The summed E-state index contributed by atoms with van der Waals surface area (Å²) in [6.07, 6.45) is 6.06. The van der Waals surface area contributed by atoms with Gasteiger partial charge in [-0.05, 0) is 50.0 Å². The Morgan fingerprint density at radius 3 is 1.38 bits per heavy atom. The van der Waals surface area contributed by atoms with Crippen molar-refractivity contribution in [2.24, 2.45) is 0 Å². The van der Waals surface area contributed by atoms with Crippen molar-refractivity contribution in [3.05, 3.63) is 192 Å². The van der Waals surface area contributed by atoms with E-state index in [1.165, 1.54) is 27.4 Å². The Hall–Kier alpha value is -4.41. The summed E-state index contributed by atoms with van der Waals surface area (Å²) in [5, 5.41) is 1.16. The molecule has 6 aromatic rings. The Morgan fingerprint density at radius 1 is 0.553 bits per heavy atom. The first-order valence-corrected chi connectivity index (χ1v) is 18.0. The van der Waals surface area contributed by atoms with Crippen LogP contribution < -0.4 is 5.19 Å². The monoisotopic (exact) mass is 630 g/mol. The Balaban J connectivity index is 0.000000257. The predicted octanol–water partition coefficient (Wildman–Crippen LogP) is 8.67. The van der Waals surface area contributed by atoms with Crippen LogP contribution >= 0.6 is 0 Å². The highest BCUT2D eigenvalue weighted by atomic mass is 28.2. The van der Waals surface area contributed by atoms with Gasteiger partial charge in [-0.1, -0.05) is 186 Å². The van der Waals surface area contributed by atoms with E-state index in [0.717, 1.165) is 11.1 Å². The van der Waals surface area contributed by atoms with E-state index >= 15 is 0 Å². The summed E-state index contributed by atoms with van der Waals surface area (Å²) in [6.45, 7) is 13.7. The first kappa shape index (κ1) is 33.9. The van der Waals surface area contributed by atoms with Crippen LogP contribution in [0.25, 0.3) is 0 Å². The van der Waals surface area contributed by atoms with Crippen LogP contribution in [0.5, 0.6) is 0 Å². The third kappa shape index (κ3) is 8.12. The van der Waals surface area contributed by atoms with Crippen molar-refractivity contribution in [1.82, 2.24) is 9.55 Å². The predicted molar refractivity (Wildman–Crippen MR) is 204 cm³/mol. The van der Waals surface area contributed by atoms with Crippen molar-refractivity contribution >= 4 is 22.6 Å². The molecule has 0 unspecified atom stereocenters. The van der Waals surface area contributed by atoms with E-state index in [9.17, 15) is 0 Å². The van der Waals surface area contributed by atoms with Gasteiger partial charge in [0.25, 0.3) is 0 Å². The fraction of sp³-hybridized carbons (Fsp3) is 0.233. The van der Waals surface area contributed by atoms with Gasteiger partial charge in [0.1, 0.15) is 0 Å². The lowest BCUT2D eigenvalue weighted by Crippen LogP contribution is -2.47. The van der Waals surface area contributed by atoms with Gasteiger partial charge in [0.2, 0.25) is 0 Å². The van der Waals surface area contributed by atoms with Crippen molar-refractivity contribution in [3.8, 4) is 0 Å². The fourth-order valence-electron chi connectivity index (χ4n) is 6.14. The summed E-state index contributed by atoms with van der Waals surface area (Å²) in [7, 11) is 5.25. The molecule has 2 nitrogen and oxygen atoms in total. The molecular formula is C43H47BN2Si.